The number of nitrogens with zero attached hydrogens (tertiary/aromatic N) is 2. The van der Waals surface area contributed by atoms with Crippen molar-refractivity contribution in [3.63, 3.8) is 0 Å². The zero-order valence-electron chi connectivity index (χ0n) is 10.1. The van der Waals surface area contributed by atoms with Gasteiger partial charge in [-0.25, -0.2) is 4.79 Å². The summed E-state index contributed by atoms with van der Waals surface area (Å²) in [6, 6.07) is 5.14. The number of rotatable bonds is 3. The topological polar surface area (TPSA) is 91.6 Å². The van der Waals surface area contributed by atoms with Gasteiger partial charge in [-0.2, -0.15) is 0 Å². The predicted molar refractivity (Wildman–Crippen MR) is 66.9 cm³/mol. The van der Waals surface area contributed by atoms with Gasteiger partial charge in [-0.15, -0.1) is 0 Å². The van der Waals surface area contributed by atoms with Crippen LogP contribution in [0, 0.1) is 0 Å². The van der Waals surface area contributed by atoms with Crippen LogP contribution in [0.25, 0.3) is 5.69 Å². The van der Waals surface area contributed by atoms with Crippen molar-refractivity contribution in [2.75, 3.05) is 13.3 Å². The summed E-state index contributed by atoms with van der Waals surface area (Å²) in [5, 5.41) is 9.73. The van der Waals surface area contributed by atoms with Crippen LogP contribution in [0.15, 0.2) is 29.2 Å². The smallest absolute Gasteiger partial charge is 0.335 e. The third-order valence-corrected chi connectivity index (χ3v) is 2.95. The molecule has 0 saturated carbocycles. The Bertz CT molecular complexity index is 674. The van der Waals surface area contributed by atoms with Gasteiger partial charge in [-0.05, 0) is 12.1 Å². The third kappa shape index (κ3) is 1.84. The van der Waals surface area contributed by atoms with E-state index < -0.39 is 0 Å². The molecule has 1 aliphatic heterocycles. The monoisotopic (exact) mass is 263 g/mol. The van der Waals surface area contributed by atoms with Crippen LogP contribution in [0.5, 0.6) is 17.4 Å². The van der Waals surface area contributed by atoms with E-state index in [1.54, 1.807) is 18.2 Å². The fourth-order valence-electron chi connectivity index (χ4n) is 2.03. The highest BCUT2D eigenvalue weighted by Gasteiger charge is 2.16. The lowest BCUT2D eigenvalue weighted by Crippen LogP contribution is -2.25. The summed E-state index contributed by atoms with van der Waals surface area (Å²) in [7, 11) is 0. The van der Waals surface area contributed by atoms with E-state index in [9.17, 15) is 9.90 Å². The Morgan fingerprint density at radius 3 is 2.89 bits per heavy atom. The van der Waals surface area contributed by atoms with Gasteiger partial charge in [-0.1, -0.05) is 0 Å². The summed E-state index contributed by atoms with van der Waals surface area (Å²) in [6.45, 7) is 0.716. The number of imidazole rings is 1. The number of fused-ring (bicyclic) bond motifs is 1. The molecule has 2 heterocycles. The SMILES string of the molecule is NCCn1c(O)cn(-c2ccc3c(c2)OCO3)c1=O. The lowest BCUT2D eigenvalue weighted by molar-refractivity contribution is 0.174. The molecule has 0 atom stereocenters. The van der Waals surface area contributed by atoms with Gasteiger partial charge in [0.1, 0.15) is 0 Å². The quantitative estimate of drug-likeness (QED) is 0.815. The number of aromatic hydroxyl groups is 1. The molecule has 3 rings (SSSR count). The molecule has 0 bridgehead atoms. The zero-order chi connectivity index (χ0) is 13.4. The molecule has 7 heteroatoms. The van der Waals surface area contributed by atoms with Gasteiger partial charge in [0.2, 0.25) is 12.7 Å². The van der Waals surface area contributed by atoms with E-state index in [1.807, 2.05) is 0 Å². The first kappa shape index (κ1) is 11.7. The lowest BCUT2D eigenvalue weighted by atomic mass is 10.3. The maximum Gasteiger partial charge on any atom is 0.335 e. The van der Waals surface area contributed by atoms with Gasteiger partial charge in [-0.3, -0.25) is 9.13 Å². The molecule has 0 radical (unpaired) electrons. The number of benzene rings is 1. The summed E-state index contributed by atoms with van der Waals surface area (Å²) in [5.41, 5.74) is 5.66. The zero-order valence-corrected chi connectivity index (χ0v) is 10.1. The number of hydrogen-bond acceptors (Lipinski definition) is 5. The van der Waals surface area contributed by atoms with Crippen molar-refractivity contribution in [3.8, 4) is 23.1 Å². The summed E-state index contributed by atoms with van der Waals surface area (Å²) >= 11 is 0. The number of nitrogens with two attached hydrogens (primary N) is 1. The van der Waals surface area contributed by atoms with E-state index in [4.69, 9.17) is 15.2 Å². The van der Waals surface area contributed by atoms with Crippen molar-refractivity contribution < 1.29 is 14.6 Å². The van der Waals surface area contributed by atoms with Crippen LogP contribution in [0.3, 0.4) is 0 Å². The van der Waals surface area contributed by atoms with Crippen LogP contribution in [0.2, 0.25) is 0 Å². The molecular formula is C12H13N3O4. The van der Waals surface area contributed by atoms with Crippen LogP contribution in [-0.4, -0.2) is 27.6 Å². The molecule has 2 aromatic rings. The van der Waals surface area contributed by atoms with Crippen molar-refractivity contribution in [2.45, 2.75) is 6.54 Å². The molecule has 7 nitrogen and oxygen atoms in total. The molecule has 0 saturated heterocycles. The van der Waals surface area contributed by atoms with Gasteiger partial charge in [0.05, 0.1) is 11.9 Å². The summed E-state index contributed by atoms with van der Waals surface area (Å²) in [5.74, 6) is 1.10. The predicted octanol–water partition coefficient (Wildman–Crippen LogP) is 0.0320. The van der Waals surface area contributed by atoms with E-state index in [-0.39, 0.29) is 31.5 Å². The fourth-order valence-corrected chi connectivity index (χ4v) is 2.03. The first-order valence-corrected chi connectivity index (χ1v) is 5.82. The van der Waals surface area contributed by atoms with Gasteiger partial charge < -0.3 is 20.3 Å². The van der Waals surface area contributed by atoms with Crippen molar-refractivity contribution in [1.82, 2.24) is 9.13 Å². The second-order valence-electron chi connectivity index (χ2n) is 4.12. The Hall–Kier alpha value is -2.41. The van der Waals surface area contributed by atoms with Gasteiger partial charge in [0.25, 0.3) is 0 Å². The van der Waals surface area contributed by atoms with E-state index in [1.165, 1.54) is 15.3 Å². The summed E-state index contributed by atoms with van der Waals surface area (Å²) in [4.78, 5) is 12.1. The molecule has 0 spiro atoms. The first-order chi connectivity index (χ1) is 9.20. The van der Waals surface area contributed by atoms with Gasteiger partial charge >= 0.3 is 5.69 Å². The average Bonchev–Trinajstić information content (AvgIpc) is 2.97. The summed E-state index contributed by atoms with van der Waals surface area (Å²) < 4.78 is 13.0. The van der Waals surface area contributed by atoms with Crippen LogP contribution < -0.4 is 20.9 Å². The average molecular weight is 263 g/mol. The van der Waals surface area contributed by atoms with E-state index in [0.29, 0.717) is 17.2 Å². The van der Waals surface area contributed by atoms with Crippen molar-refractivity contribution in [1.29, 1.82) is 0 Å². The van der Waals surface area contributed by atoms with Crippen LogP contribution in [0.1, 0.15) is 0 Å². The number of aromatic nitrogens is 2. The van der Waals surface area contributed by atoms with Crippen molar-refractivity contribution in [3.05, 3.63) is 34.9 Å². The normalized spacial score (nSPS) is 12.9. The minimum absolute atomic E-state index is 0.117. The minimum atomic E-state index is -0.346. The molecule has 0 aliphatic carbocycles. The lowest BCUT2D eigenvalue weighted by Gasteiger charge is -2.02. The van der Waals surface area contributed by atoms with Gasteiger partial charge in [0.15, 0.2) is 11.5 Å². The third-order valence-electron chi connectivity index (χ3n) is 2.95. The van der Waals surface area contributed by atoms with Crippen LogP contribution in [-0.2, 0) is 6.54 Å². The molecule has 1 aromatic heterocycles. The Kier molecular flexibility index (Phi) is 2.68. The number of hydrogen-bond donors (Lipinski definition) is 2. The first-order valence-electron chi connectivity index (χ1n) is 5.82. The summed E-state index contributed by atoms with van der Waals surface area (Å²) in [6.07, 6.45) is 1.36. The largest absolute Gasteiger partial charge is 0.493 e. The van der Waals surface area contributed by atoms with E-state index in [0.717, 1.165) is 0 Å². The van der Waals surface area contributed by atoms with Crippen LogP contribution in [0.4, 0.5) is 0 Å². The molecule has 0 unspecified atom stereocenters. The second-order valence-corrected chi connectivity index (χ2v) is 4.12. The van der Waals surface area contributed by atoms with Crippen LogP contribution >= 0.6 is 0 Å². The molecule has 19 heavy (non-hydrogen) atoms. The molecule has 100 valence electrons. The second kappa shape index (κ2) is 4.36. The number of ether oxygens (including phenoxy) is 2. The fraction of sp³-hybridized carbons (Fsp3) is 0.250. The highest BCUT2D eigenvalue weighted by atomic mass is 16.7. The Morgan fingerprint density at radius 2 is 2.11 bits per heavy atom. The van der Waals surface area contributed by atoms with E-state index in [2.05, 4.69) is 0 Å². The Balaban J connectivity index is 2.07. The molecule has 3 N–H and O–H groups in total. The minimum Gasteiger partial charge on any atom is -0.493 e. The molecule has 0 fully saturated rings. The molecule has 1 aliphatic rings. The highest BCUT2D eigenvalue weighted by Crippen LogP contribution is 2.33. The highest BCUT2D eigenvalue weighted by molar-refractivity contribution is 5.50. The Labute approximate surface area is 108 Å². The maximum atomic E-state index is 12.1. The molecule has 0 amide bonds. The van der Waals surface area contributed by atoms with E-state index >= 15 is 0 Å². The Morgan fingerprint density at radius 1 is 1.32 bits per heavy atom. The molecular weight excluding hydrogens is 250 g/mol. The maximum absolute atomic E-state index is 12.1. The molecule has 1 aromatic carbocycles. The van der Waals surface area contributed by atoms with Crippen molar-refractivity contribution in [2.24, 2.45) is 5.73 Å². The standard InChI is InChI=1S/C12H13N3O4/c13-3-4-14-11(16)6-15(12(14)17)8-1-2-9-10(5-8)19-7-18-9/h1-2,5-6,16H,3-4,7,13H2. The van der Waals surface area contributed by atoms with Crippen molar-refractivity contribution >= 4 is 0 Å². The van der Waals surface area contributed by atoms with Gasteiger partial charge in [0, 0.05) is 19.2 Å².